The maximum absolute atomic E-state index is 12.5. The van der Waals surface area contributed by atoms with Crippen LogP contribution in [0.1, 0.15) is 41.2 Å². The molecule has 0 aromatic heterocycles. The number of hydrogen-bond acceptors (Lipinski definition) is 4. The average molecular weight is 445 g/mol. The van der Waals surface area contributed by atoms with Crippen LogP contribution in [-0.4, -0.2) is 41.7 Å². The van der Waals surface area contributed by atoms with Crippen LogP contribution in [0.3, 0.4) is 0 Å². The van der Waals surface area contributed by atoms with E-state index in [9.17, 15) is 9.90 Å². The second-order valence-corrected chi connectivity index (χ2v) is 8.61. The number of carbonyl (C=O) groups excluding carboxylic acids is 1. The monoisotopic (exact) mass is 444 g/mol. The summed E-state index contributed by atoms with van der Waals surface area (Å²) in [6.07, 6.45) is 1.27. The van der Waals surface area contributed by atoms with Crippen molar-refractivity contribution in [2.75, 3.05) is 19.7 Å². The van der Waals surface area contributed by atoms with Gasteiger partial charge in [-0.05, 0) is 35.1 Å². The van der Waals surface area contributed by atoms with Gasteiger partial charge in [-0.3, -0.25) is 9.69 Å². The summed E-state index contributed by atoms with van der Waals surface area (Å²) >= 11 is 0. The Morgan fingerprint density at radius 1 is 0.879 bits per heavy atom. The standard InChI is InChI=1S/C28H32N2O3/c31-26-15-17-30(18-16-26)20-23-13-11-22(12-14-23)19-29-27(32)21-33-28(24-7-3-1-4-8-24)25-9-5-2-6-10-25/h1-14,26,28,31H,15-21H2,(H,29,32). The Balaban J connectivity index is 1.26. The zero-order chi connectivity index (χ0) is 22.9. The van der Waals surface area contributed by atoms with Gasteiger partial charge in [-0.25, -0.2) is 0 Å². The summed E-state index contributed by atoms with van der Waals surface area (Å²) in [5.74, 6) is -0.136. The summed E-state index contributed by atoms with van der Waals surface area (Å²) in [6.45, 7) is 3.23. The topological polar surface area (TPSA) is 61.8 Å². The van der Waals surface area contributed by atoms with E-state index in [-0.39, 0.29) is 24.7 Å². The third-order valence-corrected chi connectivity index (χ3v) is 6.06. The first-order valence-electron chi connectivity index (χ1n) is 11.6. The molecule has 0 radical (unpaired) electrons. The normalized spacial score (nSPS) is 15.0. The Morgan fingerprint density at radius 3 is 2.00 bits per heavy atom. The average Bonchev–Trinajstić information content (AvgIpc) is 2.86. The van der Waals surface area contributed by atoms with Gasteiger partial charge < -0.3 is 15.2 Å². The van der Waals surface area contributed by atoms with E-state index in [1.165, 1.54) is 5.56 Å². The summed E-state index contributed by atoms with van der Waals surface area (Å²) in [6, 6.07) is 28.3. The highest BCUT2D eigenvalue weighted by Gasteiger charge is 2.17. The lowest BCUT2D eigenvalue weighted by Gasteiger charge is -2.29. The molecule has 3 aromatic carbocycles. The minimum atomic E-state index is -0.284. The summed E-state index contributed by atoms with van der Waals surface area (Å²) in [5, 5.41) is 12.6. The molecular weight excluding hydrogens is 412 g/mol. The molecule has 1 heterocycles. The summed E-state index contributed by atoms with van der Waals surface area (Å²) < 4.78 is 6.04. The van der Waals surface area contributed by atoms with E-state index in [4.69, 9.17) is 4.74 Å². The third kappa shape index (κ3) is 6.99. The van der Waals surface area contributed by atoms with Crippen LogP contribution < -0.4 is 5.32 Å². The minimum Gasteiger partial charge on any atom is -0.393 e. The van der Waals surface area contributed by atoms with Gasteiger partial charge in [0.2, 0.25) is 5.91 Å². The number of rotatable bonds is 9. The molecule has 1 saturated heterocycles. The van der Waals surface area contributed by atoms with E-state index in [1.54, 1.807) is 0 Å². The van der Waals surface area contributed by atoms with Crippen LogP contribution in [0.15, 0.2) is 84.9 Å². The highest BCUT2D eigenvalue weighted by molar-refractivity contribution is 5.77. The van der Waals surface area contributed by atoms with Crippen LogP contribution in [0.5, 0.6) is 0 Å². The molecule has 1 aliphatic heterocycles. The number of likely N-dealkylation sites (tertiary alicyclic amines) is 1. The SMILES string of the molecule is O=C(COC(c1ccccc1)c1ccccc1)NCc1ccc(CN2CCC(O)CC2)cc1. The molecule has 1 aliphatic rings. The van der Waals surface area contributed by atoms with Gasteiger partial charge in [-0.15, -0.1) is 0 Å². The van der Waals surface area contributed by atoms with E-state index in [0.717, 1.165) is 49.2 Å². The molecule has 0 atom stereocenters. The van der Waals surface area contributed by atoms with E-state index in [0.29, 0.717) is 6.54 Å². The van der Waals surface area contributed by atoms with Crippen molar-refractivity contribution in [2.24, 2.45) is 0 Å². The summed E-state index contributed by atoms with van der Waals surface area (Å²) in [5.41, 5.74) is 4.35. The van der Waals surface area contributed by atoms with Crippen molar-refractivity contribution >= 4 is 5.91 Å². The molecule has 5 nitrogen and oxygen atoms in total. The third-order valence-electron chi connectivity index (χ3n) is 6.06. The largest absolute Gasteiger partial charge is 0.393 e. The summed E-state index contributed by atoms with van der Waals surface area (Å²) in [4.78, 5) is 14.8. The molecule has 0 spiro atoms. The predicted molar refractivity (Wildman–Crippen MR) is 129 cm³/mol. The molecule has 1 amide bonds. The summed E-state index contributed by atoms with van der Waals surface area (Å²) in [7, 11) is 0. The molecule has 0 aliphatic carbocycles. The lowest BCUT2D eigenvalue weighted by atomic mass is 10.0. The van der Waals surface area contributed by atoms with Gasteiger partial charge in [0.1, 0.15) is 12.7 Å². The van der Waals surface area contributed by atoms with Crippen LogP contribution in [0, 0.1) is 0 Å². The van der Waals surface area contributed by atoms with Gasteiger partial charge in [-0.1, -0.05) is 84.9 Å². The molecule has 33 heavy (non-hydrogen) atoms. The number of carbonyl (C=O) groups is 1. The van der Waals surface area contributed by atoms with Crippen LogP contribution in [-0.2, 0) is 22.6 Å². The minimum absolute atomic E-state index is 0.00660. The van der Waals surface area contributed by atoms with Gasteiger partial charge in [-0.2, -0.15) is 0 Å². The fraction of sp³-hybridized carbons (Fsp3) is 0.321. The lowest BCUT2D eigenvalue weighted by molar-refractivity contribution is -0.127. The zero-order valence-corrected chi connectivity index (χ0v) is 18.9. The quantitative estimate of drug-likeness (QED) is 0.522. The van der Waals surface area contributed by atoms with Crippen molar-refractivity contribution in [1.82, 2.24) is 10.2 Å². The number of piperidine rings is 1. The van der Waals surface area contributed by atoms with Crippen LogP contribution in [0.25, 0.3) is 0 Å². The first kappa shape index (κ1) is 23.2. The van der Waals surface area contributed by atoms with Gasteiger partial charge in [0.05, 0.1) is 6.10 Å². The number of amides is 1. The van der Waals surface area contributed by atoms with Gasteiger partial charge in [0.15, 0.2) is 0 Å². The Morgan fingerprint density at radius 2 is 1.42 bits per heavy atom. The fourth-order valence-electron chi connectivity index (χ4n) is 4.15. The molecule has 0 bridgehead atoms. The van der Waals surface area contributed by atoms with E-state index >= 15 is 0 Å². The predicted octanol–water partition coefficient (Wildman–Crippen LogP) is 4.07. The molecular formula is C28H32N2O3. The Kier molecular flexibility index (Phi) is 8.25. The van der Waals surface area contributed by atoms with Crippen molar-refractivity contribution in [1.29, 1.82) is 0 Å². The molecule has 4 rings (SSSR count). The number of ether oxygens (including phenoxy) is 1. The maximum Gasteiger partial charge on any atom is 0.246 e. The molecule has 0 saturated carbocycles. The number of hydrogen-bond donors (Lipinski definition) is 2. The smallest absolute Gasteiger partial charge is 0.246 e. The van der Waals surface area contributed by atoms with Gasteiger partial charge >= 0.3 is 0 Å². The first-order chi connectivity index (χ1) is 16.2. The molecule has 5 heteroatoms. The van der Waals surface area contributed by atoms with Crippen molar-refractivity contribution in [3.05, 3.63) is 107 Å². The highest BCUT2D eigenvalue weighted by Crippen LogP contribution is 2.25. The first-order valence-corrected chi connectivity index (χ1v) is 11.6. The second-order valence-electron chi connectivity index (χ2n) is 8.61. The Hall–Kier alpha value is -2.99. The van der Waals surface area contributed by atoms with Gasteiger partial charge in [0.25, 0.3) is 0 Å². The number of nitrogens with zero attached hydrogens (tertiary/aromatic N) is 1. The van der Waals surface area contributed by atoms with Crippen molar-refractivity contribution < 1.29 is 14.6 Å². The van der Waals surface area contributed by atoms with E-state index in [1.807, 2.05) is 60.7 Å². The molecule has 1 fully saturated rings. The van der Waals surface area contributed by atoms with Crippen molar-refractivity contribution in [3.63, 3.8) is 0 Å². The van der Waals surface area contributed by atoms with Crippen LogP contribution in [0.4, 0.5) is 0 Å². The van der Waals surface area contributed by atoms with Crippen molar-refractivity contribution in [2.45, 2.75) is 38.1 Å². The molecule has 172 valence electrons. The Labute approximate surface area is 196 Å². The maximum atomic E-state index is 12.5. The number of aliphatic hydroxyl groups excluding tert-OH is 1. The second kappa shape index (κ2) is 11.8. The van der Waals surface area contributed by atoms with Crippen molar-refractivity contribution in [3.8, 4) is 0 Å². The van der Waals surface area contributed by atoms with Gasteiger partial charge in [0, 0.05) is 26.2 Å². The number of nitrogens with one attached hydrogen (secondary N) is 1. The van der Waals surface area contributed by atoms with E-state index in [2.05, 4.69) is 34.5 Å². The number of aliphatic hydroxyl groups is 1. The Bertz CT molecular complexity index is 945. The molecule has 3 aromatic rings. The van der Waals surface area contributed by atoms with Crippen LogP contribution >= 0.6 is 0 Å². The molecule has 2 N–H and O–H groups in total. The highest BCUT2D eigenvalue weighted by atomic mass is 16.5. The number of benzene rings is 3. The lowest BCUT2D eigenvalue weighted by Crippen LogP contribution is -2.35. The zero-order valence-electron chi connectivity index (χ0n) is 18.9. The van der Waals surface area contributed by atoms with Crippen LogP contribution in [0.2, 0.25) is 0 Å². The van der Waals surface area contributed by atoms with E-state index < -0.39 is 0 Å². The fourth-order valence-corrected chi connectivity index (χ4v) is 4.15. The molecule has 0 unspecified atom stereocenters.